The zero-order valence-electron chi connectivity index (χ0n) is 18.3. The molecule has 0 spiro atoms. The summed E-state index contributed by atoms with van der Waals surface area (Å²) in [6.07, 6.45) is -1.32. The SMILES string of the molecule is N#Cc1ccc(C(=O)Nc2ccc(F)c([C@]3(C(F)F)CC[S@]4(=O)=NCCCCN4C(N)=N3)n2)nc1. The average Bonchev–Trinajstić information content (AvgIpc) is 3.10. The lowest BCUT2D eigenvalue weighted by Crippen LogP contribution is -2.42. The summed E-state index contributed by atoms with van der Waals surface area (Å²) in [7, 11) is -3.13. The van der Waals surface area contributed by atoms with Crippen molar-refractivity contribution in [1.29, 1.82) is 5.26 Å². The second-order valence-corrected chi connectivity index (χ2v) is 10.3. The molecule has 14 heteroatoms. The third-order valence-electron chi connectivity index (χ3n) is 5.71. The van der Waals surface area contributed by atoms with Crippen LogP contribution in [0.5, 0.6) is 0 Å². The van der Waals surface area contributed by atoms with Gasteiger partial charge in [0.15, 0.2) is 5.54 Å². The number of fused-ring (bicyclic) bond motifs is 1. The van der Waals surface area contributed by atoms with E-state index in [4.69, 9.17) is 11.0 Å². The smallest absolute Gasteiger partial charge is 0.275 e. The molecule has 10 nitrogen and oxygen atoms in total. The molecule has 2 aliphatic heterocycles. The lowest BCUT2D eigenvalue weighted by molar-refractivity contribution is 0.0469. The number of amides is 1. The third-order valence-corrected chi connectivity index (χ3v) is 8.09. The summed E-state index contributed by atoms with van der Waals surface area (Å²) in [5.74, 6) is -2.78. The molecule has 3 N–H and O–H groups in total. The molecule has 0 unspecified atom stereocenters. The van der Waals surface area contributed by atoms with E-state index in [1.807, 2.05) is 6.07 Å². The van der Waals surface area contributed by atoms with Crippen molar-refractivity contribution in [3.8, 4) is 6.07 Å². The first-order valence-electron chi connectivity index (χ1n) is 10.6. The summed E-state index contributed by atoms with van der Waals surface area (Å²) in [6, 6.07) is 6.53. The molecule has 0 saturated heterocycles. The molecule has 0 aromatic carbocycles. The van der Waals surface area contributed by atoms with Crippen LogP contribution in [0.3, 0.4) is 0 Å². The minimum atomic E-state index is -3.25. The Morgan fingerprint density at radius 1 is 1.29 bits per heavy atom. The molecule has 0 aliphatic carbocycles. The van der Waals surface area contributed by atoms with Gasteiger partial charge in [0.05, 0.1) is 17.9 Å². The minimum absolute atomic E-state index is 0.0663. The molecule has 35 heavy (non-hydrogen) atoms. The molecule has 0 fully saturated rings. The molecule has 2 aromatic heterocycles. The highest BCUT2D eigenvalue weighted by Crippen LogP contribution is 2.40. The molecule has 1 amide bonds. The number of alkyl halides is 2. The number of guanidine groups is 1. The number of hydrogen-bond donors (Lipinski definition) is 2. The quantitative estimate of drug-likeness (QED) is 0.650. The normalized spacial score (nSPS) is 24.3. The number of anilines is 1. The maximum absolute atomic E-state index is 14.9. The van der Waals surface area contributed by atoms with E-state index < -0.39 is 51.7 Å². The Kier molecular flexibility index (Phi) is 6.62. The van der Waals surface area contributed by atoms with Gasteiger partial charge in [-0.15, -0.1) is 0 Å². The van der Waals surface area contributed by atoms with E-state index >= 15 is 0 Å². The van der Waals surface area contributed by atoms with Gasteiger partial charge in [-0.2, -0.15) is 5.26 Å². The van der Waals surface area contributed by atoms with Crippen LogP contribution < -0.4 is 11.1 Å². The van der Waals surface area contributed by atoms with Gasteiger partial charge in [-0.3, -0.25) is 9.10 Å². The number of aliphatic imine (C=N–C) groups is 1. The van der Waals surface area contributed by atoms with Gasteiger partial charge in [0.1, 0.15) is 39.0 Å². The van der Waals surface area contributed by atoms with Crippen molar-refractivity contribution in [3.63, 3.8) is 0 Å². The fourth-order valence-corrected chi connectivity index (χ4v) is 6.08. The predicted octanol–water partition coefficient (Wildman–Crippen LogP) is 2.40. The maximum Gasteiger partial charge on any atom is 0.275 e. The van der Waals surface area contributed by atoms with Crippen LogP contribution in [0, 0.1) is 17.1 Å². The van der Waals surface area contributed by atoms with E-state index in [2.05, 4.69) is 24.6 Å². The first-order valence-corrected chi connectivity index (χ1v) is 12.3. The molecule has 0 bridgehead atoms. The number of halogens is 3. The highest BCUT2D eigenvalue weighted by atomic mass is 32.2. The number of carbonyl (C=O) groups excluding carboxylic acids is 1. The van der Waals surface area contributed by atoms with Gasteiger partial charge in [0.2, 0.25) is 5.96 Å². The van der Waals surface area contributed by atoms with Crippen LogP contribution in [0.25, 0.3) is 0 Å². The molecule has 2 aromatic rings. The van der Waals surface area contributed by atoms with Crippen LogP contribution in [0.4, 0.5) is 19.0 Å². The van der Waals surface area contributed by atoms with Crippen LogP contribution in [0.2, 0.25) is 0 Å². The lowest BCUT2D eigenvalue weighted by Gasteiger charge is -2.28. The first-order chi connectivity index (χ1) is 16.7. The van der Waals surface area contributed by atoms with E-state index in [-0.39, 0.29) is 29.4 Å². The number of aromatic nitrogens is 2. The monoisotopic (exact) mass is 506 g/mol. The number of nitrogens with zero attached hydrogens (tertiary/aromatic N) is 6. The zero-order valence-corrected chi connectivity index (χ0v) is 19.1. The number of rotatable bonds is 4. The number of nitrogens with one attached hydrogen (secondary N) is 1. The Morgan fingerprint density at radius 2 is 2.09 bits per heavy atom. The van der Waals surface area contributed by atoms with Gasteiger partial charge in [-0.25, -0.2) is 36.7 Å². The van der Waals surface area contributed by atoms with Gasteiger partial charge in [-0.05, 0) is 43.5 Å². The fraction of sp³-hybridized carbons (Fsp3) is 0.381. The summed E-state index contributed by atoms with van der Waals surface area (Å²) in [5, 5.41) is 11.2. The Morgan fingerprint density at radius 3 is 2.77 bits per heavy atom. The Labute approximate surface area is 199 Å². The van der Waals surface area contributed by atoms with Gasteiger partial charge in [0, 0.05) is 12.7 Å². The molecule has 0 saturated carbocycles. The molecule has 4 rings (SSSR count). The summed E-state index contributed by atoms with van der Waals surface area (Å²) < 4.78 is 62.9. The van der Waals surface area contributed by atoms with Crippen molar-refractivity contribution in [1.82, 2.24) is 14.3 Å². The van der Waals surface area contributed by atoms with Crippen LogP contribution in [-0.2, 0) is 15.5 Å². The standard InChI is InChI=1S/C21H21F3N8O2S/c22-14-4-6-16(30-18(33)15-5-3-13(11-25)12-27-15)29-17(14)21(19(23)24)7-10-35(34)28-8-1-2-9-32(35)20(26)31-21/h3-6,12,19H,1-2,7-10H2,(H2,26,31)(H,29,30,33)/t21-,35-/m0/s1. The molecule has 0 radical (unpaired) electrons. The minimum Gasteiger partial charge on any atom is -0.369 e. The summed E-state index contributed by atoms with van der Waals surface area (Å²) in [4.78, 5) is 24.3. The van der Waals surface area contributed by atoms with E-state index in [9.17, 15) is 22.2 Å². The molecule has 184 valence electrons. The van der Waals surface area contributed by atoms with Gasteiger partial charge in [0.25, 0.3) is 12.3 Å². The van der Waals surface area contributed by atoms with Crippen molar-refractivity contribution in [2.75, 3.05) is 24.2 Å². The molecular weight excluding hydrogens is 485 g/mol. The number of nitrogens with two attached hydrogens (primary N) is 1. The number of pyridine rings is 2. The van der Waals surface area contributed by atoms with Crippen LogP contribution in [-0.4, -0.2) is 55.6 Å². The van der Waals surface area contributed by atoms with E-state index in [0.29, 0.717) is 19.4 Å². The summed E-state index contributed by atoms with van der Waals surface area (Å²) >= 11 is 0. The Balaban J connectivity index is 1.73. The molecule has 4 heterocycles. The number of hydrogen-bond acceptors (Lipinski definition) is 8. The number of carbonyl (C=O) groups is 1. The third kappa shape index (κ3) is 4.63. The summed E-state index contributed by atoms with van der Waals surface area (Å²) in [5.41, 5.74) is 2.92. The molecular formula is C21H21F3N8O2S. The van der Waals surface area contributed by atoms with Crippen molar-refractivity contribution in [2.45, 2.75) is 31.2 Å². The van der Waals surface area contributed by atoms with E-state index in [0.717, 1.165) is 12.1 Å². The van der Waals surface area contributed by atoms with E-state index in [1.165, 1.54) is 22.6 Å². The summed E-state index contributed by atoms with van der Waals surface area (Å²) in [6.45, 7) is 0.516. The van der Waals surface area contributed by atoms with Crippen LogP contribution in [0.1, 0.15) is 41.0 Å². The van der Waals surface area contributed by atoms with Gasteiger partial charge >= 0.3 is 0 Å². The van der Waals surface area contributed by atoms with Crippen LogP contribution in [0.15, 0.2) is 39.8 Å². The predicted molar refractivity (Wildman–Crippen MR) is 121 cm³/mol. The Bertz CT molecular complexity index is 1340. The second-order valence-electron chi connectivity index (χ2n) is 7.94. The van der Waals surface area contributed by atoms with Crippen molar-refractivity contribution in [2.24, 2.45) is 15.1 Å². The maximum atomic E-state index is 14.9. The highest BCUT2D eigenvalue weighted by Gasteiger charge is 2.49. The largest absolute Gasteiger partial charge is 0.369 e. The molecule has 2 atom stereocenters. The van der Waals surface area contributed by atoms with E-state index in [1.54, 1.807) is 0 Å². The fourth-order valence-electron chi connectivity index (χ4n) is 3.85. The Hall–Kier alpha value is -3.73. The first kappa shape index (κ1) is 24.4. The van der Waals surface area contributed by atoms with Gasteiger partial charge in [-0.1, -0.05) is 0 Å². The van der Waals surface area contributed by atoms with Crippen LogP contribution >= 0.6 is 0 Å². The van der Waals surface area contributed by atoms with Crippen molar-refractivity contribution >= 4 is 27.6 Å². The highest BCUT2D eigenvalue weighted by molar-refractivity contribution is 7.91. The van der Waals surface area contributed by atoms with Crippen molar-refractivity contribution in [3.05, 3.63) is 53.2 Å². The zero-order chi connectivity index (χ0) is 25.2. The van der Waals surface area contributed by atoms with Crippen molar-refractivity contribution < 1.29 is 22.2 Å². The molecule has 2 aliphatic rings. The number of nitriles is 1. The average molecular weight is 507 g/mol. The second kappa shape index (κ2) is 9.49. The lowest BCUT2D eigenvalue weighted by atomic mass is 9.92. The van der Waals surface area contributed by atoms with Gasteiger partial charge < -0.3 is 11.1 Å². The topological polar surface area (TPSA) is 150 Å².